The Bertz CT molecular complexity index is 501. The number of phenols is 1. The minimum absolute atomic E-state index is 0.0248. The normalized spacial score (nSPS) is 12.5. The molecule has 116 valence electrons. The Morgan fingerprint density at radius 2 is 1.81 bits per heavy atom. The van der Waals surface area contributed by atoms with E-state index in [1.165, 1.54) is 24.3 Å². The van der Waals surface area contributed by atoms with E-state index >= 15 is 0 Å². The van der Waals surface area contributed by atoms with Crippen LogP contribution >= 0.6 is 0 Å². The first-order chi connectivity index (χ1) is 9.67. The standard InChI is InChI=1S/C12H12F3NO5/c13-12(14,15)6-21-11(20)16-9(10(18)19)5-7-1-3-8(17)4-2-7/h1-4,9,17H,5-6H2,(H,16,20)(H,18,19)/t9-/m0/s1. The molecule has 0 aliphatic heterocycles. The Balaban J connectivity index is 2.59. The van der Waals surface area contributed by atoms with Gasteiger partial charge >= 0.3 is 18.2 Å². The average molecular weight is 307 g/mol. The largest absolute Gasteiger partial charge is 0.508 e. The van der Waals surface area contributed by atoms with Crippen LogP contribution in [0.2, 0.25) is 0 Å². The van der Waals surface area contributed by atoms with Crippen LogP contribution in [0.3, 0.4) is 0 Å². The molecule has 21 heavy (non-hydrogen) atoms. The predicted octanol–water partition coefficient (Wildman–Crippen LogP) is 1.68. The zero-order valence-electron chi connectivity index (χ0n) is 10.6. The molecule has 0 bridgehead atoms. The number of alkyl halides is 3. The molecule has 0 fully saturated rings. The number of carbonyl (C=O) groups is 2. The highest BCUT2D eigenvalue weighted by Gasteiger charge is 2.30. The van der Waals surface area contributed by atoms with Gasteiger partial charge in [-0.3, -0.25) is 0 Å². The van der Waals surface area contributed by atoms with E-state index in [9.17, 15) is 22.8 Å². The summed E-state index contributed by atoms with van der Waals surface area (Å²) in [5.41, 5.74) is 0.469. The molecule has 0 saturated carbocycles. The lowest BCUT2D eigenvalue weighted by atomic mass is 10.1. The lowest BCUT2D eigenvalue weighted by Gasteiger charge is -2.15. The van der Waals surface area contributed by atoms with Crippen LogP contribution in [0.4, 0.5) is 18.0 Å². The number of hydrogen-bond donors (Lipinski definition) is 3. The van der Waals surface area contributed by atoms with Crippen LogP contribution in [-0.2, 0) is 16.0 Å². The van der Waals surface area contributed by atoms with Crippen LogP contribution in [-0.4, -0.2) is 41.1 Å². The van der Waals surface area contributed by atoms with E-state index in [1.54, 1.807) is 0 Å². The highest BCUT2D eigenvalue weighted by Crippen LogP contribution is 2.15. The number of carbonyl (C=O) groups excluding carboxylic acids is 1. The Hall–Kier alpha value is -2.45. The van der Waals surface area contributed by atoms with Crippen molar-refractivity contribution in [3.05, 3.63) is 29.8 Å². The molecule has 0 spiro atoms. The van der Waals surface area contributed by atoms with Crippen molar-refractivity contribution in [2.45, 2.75) is 18.6 Å². The molecular weight excluding hydrogens is 295 g/mol. The summed E-state index contributed by atoms with van der Waals surface area (Å²) in [7, 11) is 0. The number of carboxylic acids is 1. The Morgan fingerprint density at radius 1 is 1.24 bits per heavy atom. The van der Waals surface area contributed by atoms with Crippen molar-refractivity contribution in [1.29, 1.82) is 0 Å². The third kappa shape index (κ3) is 6.50. The second-order valence-corrected chi connectivity index (χ2v) is 4.10. The molecule has 0 aliphatic carbocycles. The van der Waals surface area contributed by atoms with E-state index in [2.05, 4.69) is 4.74 Å². The van der Waals surface area contributed by atoms with Gasteiger partial charge in [-0.25, -0.2) is 9.59 Å². The molecule has 0 radical (unpaired) electrons. The molecular formula is C12H12F3NO5. The Morgan fingerprint density at radius 3 is 2.29 bits per heavy atom. The molecule has 1 aromatic rings. The number of phenolic OH excluding ortho intramolecular Hbond substituents is 1. The fraction of sp³-hybridized carbons (Fsp3) is 0.333. The molecule has 9 heteroatoms. The molecule has 0 unspecified atom stereocenters. The molecule has 6 nitrogen and oxygen atoms in total. The Labute approximate surface area is 117 Å². The predicted molar refractivity (Wildman–Crippen MR) is 63.8 cm³/mol. The minimum atomic E-state index is -4.69. The van der Waals surface area contributed by atoms with Crippen LogP contribution in [0, 0.1) is 0 Å². The summed E-state index contributed by atoms with van der Waals surface area (Å²) in [5, 5.41) is 19.8. The maximum Gasteiger partial charge on any atom is 0.422 e. The smallest absolute Gasteiger partial charge is 0.422 e. The molecule has 0 saturated heterocycles. The van der Waals surface area contributed by atoms with Gasteiger partial charge in [0.2, 0.25) is 0 Å². The summed E-state index contributed by atoms with van der Waals surface area (Å²) < 4.78 is 39.4. The molecule has 0 aliphatic rings. The van der Waals surface area contributed by atoms with E-state index in [0.717, 1.165) is 0 Å². The number of alkyl carbamates (subject to hydrolysis) is 1. The number of benzene rings is 1. The van der Waals surface area contributed by atoms with Crippen molar-refractivity contribution < 1.29 is 37.7 Å². The van der Waals surface area contributed by atoms with Crippen LogP contribution in [0.1, 0.15) is 5.56 Å². The number of aliphatic carboxylic acids is 1. The second-order valence-electron chi connectivity index (χ2n) is 4.10. The number of aromatic hydroxyl groups is 1. The fourth-order valence-corrected chi connectivity index (χ4v) is 1.40. The number of hydrogen-bond acceptors (Lipinski definition) is 4. The minimum Gasteiger partial charge on any atom is -0.508 e. The first-order valence-electron chi connectivity index (χ1n) is 5.68. The second kappa shape index (κ2) is 6.82. The molecule has 3 N–H and O–H groups in total. The third-order valence-electron chi connectivity index (χ3n) is 2.33. The van der Waals surface area contributed by atoms with Gasteiger partial charge in [-0.1, -0.05) is 12.1 Å². The van der Waals surface area contributed by atoms with Gasteiger partial charge in [0.05, 0.1) is 0 Å². The summed E-state index contributed by atoms with van der Waals surface area (Å²) in [6.07, 6.45) is -6.33. The number of halogens is 3. The monoisotopic (exact) mass is 307 g/mol. The lowest BCUT2D eigenvalue weighted by Crippen LogP contribution is -2.43. The van der Waals surface area contributed by atoms with Crippen molar-refractivity contribution in [3.8, 4) is 5.75 Å². The van der Waals surface area contributed by atoms with Crippen molar-refractivity contribution in [2.75, 3.05) is 6.61 Å². The highest BCUT2D eigenvalue weighted by molar-refractivity contribution is 5.80. The van der Waals surface area contributed by atoms with Crippen LogP contribution in [0.5, 0.6) is 5.75 Å². The maximum atomic E-state index is 11.9. The van der Waals surface area contributed by atoms with Gasteiger partial charge in [-0.05, 0) is 17.7 Å². The van der Waals surface area contributed by atoms with E-state index in [0.29, 0.717) is 5.56 Å². The number of carboxylic acid groups (broad SMARTS) is 1. The zero-order chi connectivity index (χ0) is 16.0. The van der Waals surface area contributed by atoms with E-state index in [-0.39, 0.29) is 12.2 Å². The summed E-state index contributed by atoms with van der Waals surface area (Å²) in [6.45, 7) is -1.80. The molecule has 0 heterocycles. The number of ether oxygens (including phenoxy) is 1. The lowest BCUT2D eigenvalue weighted by molar-refractivity contribution is -0.160. The highest BCUT2D eigenvalue weighted by atomic mass is 19.4. The van der Waals surface area contributed by atoms with Gasteiger partial charge < -0.3 is 20.3 Å². The quantitative estimate of drug-likeness (QED) is 0.769. The topological polar surface area (TPSA) is 95.9 Å². The first kappa shape index (κ1) is 16.6. The van der Waals surface area contributed by atoms with E-state index < -0.39 is 30.9 Å². The third-order valence-corrected chi connectivity index (χ3v) is 2.33. The Kier molecular flexibility index (Phi) is 5.39. The van der Waals surface area contributed by atoms with Crippen LogP contribution in [0.15, 0.2) is 24.3 Å². The average Bonchev–Trinajstić information content (AvgIpc) is 2.37. The molecule has 1 atom stereocenters. The summed E-state index contributed by atoms with van der Waals surface area (Å²) in [6, 6.07) is 4.03. The van der Waals surface area contributed by atoms with Gasteiger partial charge in [0, 0.05) is 6.42 Å². The van der Waals surface area contributed by atoms with Crippen LogP contribution < -0.4 is 5.32 Å². The van der Waals surface area contributed by atoms with Gasteiger partial charge in [-0.15, -0.1) is 0 Å². The van der Waals surface area contributed by atoms with Crippen LogP contribution in [0.25, 0.3) is 0 Å². The number of rotatable bonds is 5. The van der Waals surface area contributed by atoms with Gasteiger partial charge in [0.1, 0.15) is 11.8 Å². The van der Waals surface area contributed by atoms with Gasteiger partial charge in [0.25, 0.3) is 0 Å². The van der Waals surface area contributed by atoms with Crippen molar-refractivity contribution in [1.82, 2.24) is 5.32 Å². The van der Waals surface area contributed by atoms with Crippen molar-refractivity contribution in [2.24, 2.45) is 0 Å². The summed E-state index contributed by atoms with van der Waals surface area (Å²) in [4.78, 5) is 22.1. The molecule has 1 aromatic carbocycles. The molecule has 1 amide bonds. The molecule has 1 rings (SSSR count). The number of nitrogens with one attached hydrogen (secondary N) is 1. The van der Waals surface area contributed by atoms with E-state index in [4.69, 9.17) is 10.2 Å². The SMILES string of the molecule is O=C(N[C@@H](Cc1ccc(O)cc1)C(=O)O)OCC(F)(F)F. The summed E-state index contributed by atoms with van der Waals surface area (Å²) >= 11 is 0. The first-order valence-corrected chi connectivity index (χ1v) is 5.68. The zero-order valence-corrected chi connectivity index (χ0v) is 10.6. The van der Waals surface area contributed by atoms with Gasteiger partial charge in [-0.2, -0.15) is 13.2 Å². The number of amides is 1. The molecule has 0 aromatic heterocycles. The summed E-state index contributed by atoms with van der Waals surface area (Å²) in [5.74, 6) is -1.45. The van der Waals surface area contributed by atoms with Gasteiger partial charge in [0.15, 0.2) is 6.61 Å². The maximum absolute atomic E-state index is 11.9. The van der Waals surface area contributed by atoms with Crippen molar-refractivity contribution in [3.63, 3.8) is 0 Å². The fourth-order valence-electron chi connectivity index (χ4n) is 1.40. The van der Waals surface area contributed by atoms with Crippen molar-refractivity contribution >= 4 is 12.1 Å². The van der Waals surface area contributed by atoms with E-state index in [1.807, 2.05) is 5.32 Å².